The zero-order chi connectivity index (χ0) is 18.9. The van der Waals surface area contributed by atoms with E-state index >= 15 is 0 Å². The molecule has 2 N–H and O–H groups in total. The van der Waals surface area contributed by atoms with Gasteiger partial charge in [0.25, 0.3) is 0 Å². The van der Waals surface area contributed by atoms with Crippen molar-refractivity contribution in [3.05, 3.63) is 24.0 Å². The molecule has 1 unspecified atom stereocenters. The van der Waals surface area contributed by atoms with Crippen LogP contribution in [0.4, 0.5) is 5.69 Å². The molecule has 1 aromatic carbocycles. The van der Waals surface area contributed by atoms with E-state index in [0.717, 1.165) is 29.0 Å². The number of anilines is 1. The lowest BCUT2D eigenvalue weighted by Crippen LogP contribution is -2.28. The lowest BCUT2D eigenvalue weighted by molar-refractivity contribution is -0.117. The third kappa shape index (κ3) is 4.51. The molecular formula is C20H27N3O3S. The number of imidazole rings is 1. The summed E-state index contributed by atoms with van der Waals surface area (Å²) in [6.45, 7) is 0. The summed E-state index contributed by atoms with van der Waals surface area (Å²) in [6.07, 6.45) is 7.94. The maximum Gasteiger partial charge on any atom is 0.224 e. The summed E-state index contributed by atoms with van der Waals surface area (Å²) in [7, 11) is -2.98. The summed E-state index contributed by atoms with van der Waals surface area (Å²) in [5.74, 6) is 1.76. The number of hydrogen-bond donors (Lipinski definition) is 2. The number of amides is 1. The molecule has 1 atom stereocenters. The molecule has 0 bridgehead atoms. The van der Waals surface area contributed by atoms with Crippen LogP contribution in [-0.2, 0) is 14.6 Å². The second-order valence-electron chi connectivity index (χ2n) is 8.06. The lowest BCUT2D eigenvalue weighted by atomic mass is 9.89. The fraction of sp³-hybridized carbons (Fsp3) is 0.600. The summed E-state index contributed by atoms with van der Waals surface area (Å²) in [4.78, 5) is 20.5. The van der Waals surface area contributed by atoms with Gasteiger partial charge in [0.05, 0.1) is 22.5 Å². The van der Waals surface area contributed by atoms with E-state index in [0.29, 0.717) is 12.3 Å². The minimum absolute atomic E-state index is 0.0717. The first-order valence-electron chi connectivity index (χ1n) is 9.98. The van der Waals surface area contributed by atoms with Gasteiger partial charge in [0.2, 0.25) is 5.91 Å². The normalized spacial score (nSPS) is 23.3. The van der Waals surface area contributed by atoms with Crippen molar-refractivity contribution in [1.82, 2.24) is 9.97 Å². The standard InChI is InChI=1S/C20H27N3O3S/c24-19(11-14-5-4-10-27(25,26)13-14)21-16-8-9-17-18(12-16)23-20(22-17)15-6-2-1-3-7-15/h8-9,12,14-15H,1-7,10-11,13H2,(H,21,24)(H,22,23). The Kier molecular flexibility index (Phi) is 5.21. The Morgan fingerprint density at radius 2 is 1.96 bits per heavy atom. The molecule has 2 aliphatic rings. The number of fused-ring (bicyclic) bond motifs is 1. The molecule has 1 saturated carbocycles. The Bertz CT molecular complexity index is 929. The highest BCUT2D eigenvalue weighted by atomic mass is 32.2. The van der Waals surface area contributed by atoms with Crippen molar-refractivity contribution < 1.29 is 13.2 Å². The third-order valence-electron chi connectivity index (χ3n) is 5.81. The Balaban J connectivity index is 1.42. The topological polar surface area (TPSA) is 91.9 Å². The molecular weight excluding hydrogens is 362 g/mol. The lowest BCUT2D eigenvalue weighted by Gasteiger charge is -2.21. The van der Waals surface area contributed by atoms with E-state index in [2.05, 4.69) is 10.3 Å². The number of nitrogens with one attached hydrogen (secondary N) is 2. The van der Waals surface area contributed by atoms with E-state index in [4.69, 9.17) is 4.98 Å². The van der Waals surface area contributed by atoms with E-state index in [1.54, 1.807) is 0 Å². The summed E-state index contributed by atoms with van der Waals surface area (Å²) in [5.41, 5.74) is 2.59. The Morgan fingerprint density at radius 1 is 1.15 bits per heavy atom. The van der Waals surface area contributed by atoms with Crippen LogP contribution in [0, 0.1) is 5.92 Å². The molecule has 2 heterocycles. The van der Waals surface area contributed by atoms with Gasteiger partial charge in [-0.1, -0.05) is 19.3 Å². The molecule has 0 spiro atoms. The molecule has 146 valence electrons. The van der Waals surface area contributed by atoms with Gasteiger partial charge in [0.15, 0.2) is 9.84 Å². The molecule has 6 nitrogen and oxygen atoms in total. The molecule has 2 aromatic rings. The minimum atomic E-state index is -2.98. The van der Waals surface area contributed by atoms with Crippen LogP contribution in [0.3, 0.4) is 0 Å². The predicted octanol–water partition coefficient (Wildman–Crippen LogP) is 3.76. The van der Waals surface area contributed by atoms with E-state index in [1.165, 1.54) is 32.1 Å². The first kappa shape index (κ1) is 18.5. The van der Waals surface area contributed by atoms with Crippen molar-refractivity contribution in [3.63, 3.8) is 0 Å². The Labute approximate surface area is 160 Å². The van der Waals surface area contributed by atoms with Gasteiger partial charge in [-0.3, -0.25) is 4.79 Å². The highest BCUT2D eigenvalue weighted by Crippen LogP contribution is 2.32. The van der Waals surface area contributed by atoms with Gasteiger partial charge in [-0.15, -0.1) is 0 Å². The van der Waals surface area contributed by atoms with Crippen LogP contribution in [0.5, 0.6) is 0 Å². The minimum Gasteiger partial charge on any atom is -0.342 e. The van der Waals surface area contributed by atoms with Gasteiger partial charge >= 0.3 is 0 Å². The highest BCUT2D eigenvalue weighted by molar-refractivity contribution is 7.91. The predicted molar refractivity (Wildman–Crippen MR) is 107 cm³/mol. The monoisotopic (exact) mass is 389 g/mol. The van der Waals surface area contributed by atoms with Crippen LogP contribution in [0.25, 0.3) is 11.0 Å². The van der Waals surface area contributed by atoms with Crippen LogP contribution >= 0.6 is 0 Å². The number of benzene rings is 1. The number of H-pyrrole nitrogens is 1. The molecule has 7 heteroatoms. The summed E-state index contributed by atoms with van der Waals surface area (Å²) in [5, 5.41) is 2.92. The van der Waals surface area contributed by atoms with Gasteiger partial charge in [-0.25, -0.2) is 13.4 Å². The molecule has 1 aliphatic carbocycles. The number of nitrogens with zero attached hydrogens (tertiary/aromatic N) is 1. The number of aromatic nitrogens is 2. The van der Waals surface area contributed by atoms with Crippen LogP contribution in [-0.4, -0.2) is 35.8 Å². The molecule has 1 aliphatic heterocycles. The van der Waals surface area contributed by atoms with E-state index < -0.39 is 9.84 Å². The van der Waals surface area contributed by atoms with Crippen molar-refractivity contribution >= 4 is 32.5 Å². The molecule has 27 heavy (non-hydrogen) atoms. The summed E-state index contributed by atoms with van der Waals surface area (Å²) >= 11 is 0. The van der Waals surface area contributed by atoms with Crippen molar-refractivity contribution in [3.8, 4) is 0 Å². The van der Waals surface area contributed by atoms with Crippen molar-refractivity contribution in [2.75, 3.05) is 16.8 Å². The molecule has 1 amide bonds. The fourth-order valence-corrected chi connectivity index (χ4v) is 6.21. The fourth-order valence-electron chi connectivity index (χ4n) is 4.43. The van der Waals surface area contributed by atoms with Crippen LogP contribution < -0.4 is 5.32 Å². The third-order valence-corrected chi connectivity index (χ3v) is 7.70. The molecule has 1 aromatic heterocycles. The zero-order valence-corrected chi connectivity index (χ0v) is 16.4. The number of rotatable bonds is 4. The second-order valence-corrected chi connectivity index (χ2v) is 10.3. The van der Waals surface area contributed by atoms with Crippen molar-refractivity contribution in [2.45, 2.75) is 57.3 Å². The van der Waals surface area contributed by atoms with Gasteiger partial charge in [0, 0.05) is 18.0 Å². The first-order chi connectivity index (χ1) is 13.0. The molecule has 0 radical (unpaired) electrons. The van der Waals surface area contributed by atoms with Gasteiger partial charge in [-0.05, 0) is 49.8 Å². The SMILES string of the molecule is O=C(CC1CCCS(=O)(=O)C1)Nc1ccc2nc(C3CCCCC3)[nH]c2c1. The van der Waals surface area contributed by atoms with E-state index in [9.17, 15) is 13.2 Å². The molecule has 2 fully saturated rings. The number of sulfone groups is 1. The number of aromatic amines is 1. The smallest absolute Gasteiger partial charge is 0.224 e. The largest absolute Gasteiger partial charge is 0.342 e. The van der Waals surface area contributed by atoms with E-state index in [-0.39, 0.29) is 29.8 Å². The summed E-state index contributed by atoms with van der Waals surface area (Å²) in [6, 6.07) is 5.71. The average Bonchev–Trinajstić information content (AvgIpc) is 3.05. The first-order valence-corrected chi connectivity index (χ1v) is 11.8. The van der Waals surface area contributed by atoms with Crippen LogP contribution in [0.15, 0.2) is 18.2 Å². The van der Waals surface area contributed by atoms with Crippen molar-refractivity contribution in [1.29, 1.82) is 0 Å². The Hall–Kier alpha value is -1.89. The molecule has 4 rings (SSSR count). The van der Waals surface area contributed by atoms with Gasteiger partial charge in [-0.2, -0.15) is 0 Å². The highest BCUT2D eigenvalue weighted by Gasteiger charge is 2.26. The quantitative estimate of drug-likeness (QED) is 0.833. The van der Waals surface area contributed by atoms with Crippen molar-refractivity contribution in [2.24, 2.45) is 5.92 Å². The van der Waals surface area contributed by atoms with Gasteiger partial charge < -0.3 is 10.3 Å². The Morgan fingerprint density at radius 3 is 2.74 bits per heavy atom. The maximum absolute atomic E-state index is 12.3. The van der Waals surface area contributed by atoms with Gasteiger partial charge in [0.1, 0.15) is 5.82 Å². The average molecular weight is 390 g/mol. The molecule has 1 saturated heterocycles. The maximum atomic E-state index is 12.3. The zero-order valence-electron chi connectivity index (χ0n) is 15.5. The second kappa shape index (κ2) is 7.62. The van der Waals surface area contributed by atoms with Crippen LogP contribution in [0.1, 0.15) is 63.1 Å². The van der Waals surface area contributed by atoms with E-state index in [1.807, 2.05) is 18.2 Å². The summed E-state index contributed by atoms with van der Waals surface area (Å²) < 4.78 is 23.5. The number of carbonyl (C=O) groups excluding carboxylic acids is 1. The van der Waals surface area contributed by atoms with Crippen LogP contribution in [0.2, 0.25) is 0 Å². The number of hydrogen-bond acceptors (Lipinski definition) is 4. The number of carbonyl (C=O) groups is 1.